The quantitative estimate of drug-likeness (QED) is 0.666. The molecule has 1 aliphatic rings. The maximum atomic E-state index is 11.7. The highest BCUT2D eigenvalue weighted by Crippen LogP contribution is 2.24. The molecule has 1 aromatic heterocycles. The second-order valence-corrected chi connectivity index (χ2v) is 3.97. The highest BCUT2D eigenvalue weighted by molar-refractivity contribution is 5.92. The van der Waals surface area contributed by atoms with Crippen molar-refractivity contribution in [3.8, 4) is 0 Å². The van der Waals surface area contributed by atoms with Gasteiger partial charge < -0.3 is 16.0 Å². The second-order valence-electron chi connectivity index (χ2n) is 3.97. The first-order chi connectivity index (χ1) is 7.31. The van der Waals surface area contributed by atoms with E-state index in [9.17, 15) is 4.79 Å². The Morgan fingerprint density at radius 1 is 1.67 bits per heavy atom. The van der Waals surface area contributed by atoms with Crippen molar-refractivity contribution in [2.45, 2.75) is 25.3 Å². The molecule has 82 valence electrons. The van der Waals surface area contributed by atoms with Crippen molar-refractivity contribution in [2.24, 2.45) is 11.7 Å². The third kappa shape index (κ3) is 2.18. The highest BCUT2D eigenvalue weighted by Gasteiger charge is 2.27. The number of amides is 1. The molecule has 15 heavy (non-hydrogen) atoms. The molecule has 0 spiro atoms. The van der Waals surface area contributed by atoms with Gasteiger partial charge in [-0.15, -0.1) is 0 Å². The van der Waals surface area contributed by atoms with Crippen LogP contribution >= 0.6 is 0 Å². The third-order valence-electron chi connectivity index (χ3n) is 3.02. The lowest BCUT2D eigenvalue weighted by atomic mass is 10.0. The van der Waals surface area contributed by atoms with Gasteiger partial charge in [-0.3, -0.25) is 4.79 Å². The van der Waals surface area contributed by atoms with Crippen LogP contribution in [0.25, 0.3) is 0 Å². The monoisotopic (exact) mass is 208 g/mol. The zero-order valence-corrected chi connectivity index (χ0v) is 8.57. The van der Waals surface area contributed by atoms with Crippen LogP contribution in [0.5, 0.6) is 0 Å². The molecule has 0 aliphatic heterocycles. The maximum Gasteiger partial charge on any atom is 0.269 e. The molecule has 5 heteroatoms. The number of rotatable bonds is 3. The molecule has 4 N–H and O–H groups in total. The van der Waals surface area contributed by atoms with E-state index >= 15 is 0 Å². The summed E-state index contributed by atoms with van der Waals surface area (Å²) < 4.78 is 0. The molecule has 1 amide bonds. The Labute approximate surface area is 88.5 Å². The lowest BCUT2D eigenvalue weighted by molar-refractivity contribution is 0.0924. The van der Waals surface area contributed by atoms with E-state index < -0.39 is 0 Å². The number of H-pyrrole nitrogens is 1. The van der Waals surface area contributed by atoms with Crippen LogP contribution in [0, 0.1) is 5.92 Å². The smallest absolute Gasteiger partial charge is 0.269 e. The third-order valence-corrected chi connectivity index (χ3v) is 3.02. The molecule has 0 aromatic carbocycles. The van der Waals surface area contributed by atoms with Gasteiger partial charge in [-0.25, -0.2) is 4.98 Å². The van der Waals surface area contributed by atoms with Crippen LogP contribution in [0.15, 0.2) is 12.5 Å². The molecule has 0 bridgehead atoms. The molecule has 2 atom stereocenters. The summed E-state index contributed by atoms with van der Waals surface area (Å²) in [6.45, 7) is 0.647. The van der Waals surface area contributed by atoms with E-state index in [-0.39, 0.29) is 11.9 Å². The summed E-state index contributed by atoms with van der Waals surface area (Å²) in [7, 11) is 0. The van der Waals surface area contributed by atoms with Crippen molar-refractivity contribution < 1.29 is 4.79 Å². The summed E-state index contributed by atoms with van der Waals surface area (Å²) in [5.41, 5.74) is 6.16. The second kappa shape index (κ2) is 4.44. The molecule has 1 aliphatic carbocycles. The molecular weight excluding hydrogens is 192 g/mol. The zero-order valence-electron chi connectivity index (χ0n) is 8.57. The number of hydrogen-bond donors (Lipinski definition) is 3. The number of hydrogen-bond acceptors (Lipinski definition) is 3. The molecule has 1 fully saturated rings. The summed E-state index contributed by atoms with van der Waals surface area (Å²) >= 11 is 0. The van der Waals surface area contributed by atoms with Gasteiger partial charge in [0.15, 0.2) is 0 Å². The van der Waals surface area contributed by atoms with E-state index in [1.54, 1.807) is 0 Å². The Morgan fingerprint density at radius 3 is 3.20 bits per heavy atom. The van der Waals surface area contributed by atoms with E-state index in [2.05, 4.69) is 15.3 Å². The van der Waals surface area contributed by atoms with Crippen LogP contribution in [0.2, 0.25) is 0 Å². The van der Waals surface area contributed by atoms with Gasteiger partial charge in [0, 0.05) is 6.04 Å². The van der Waals surface area contributed by atoms with Crippen molar-refractivity contribution in [3.05, 3.63) is 18.2 Å². The van der Waals surface area contributed by atoms with Crippen molar-refractivity contribution in [3.63, 3.8) is 0 Å². The Morgan fingerprint density at radius 2 is 2.53 bits per heavy atom. The van der Waals surface area contributed by atoms with Gasteiger partial charge in [0.1, 0.15) is 5.69 Å². The number of imidazole rings is 1. The molecule has 1 aromatic rings. The average molecular weight is 208 g/mol. The van der Waals surface area contributed by atoms with E-state index in [0.717, 1.165) is 19.3 Å². The Hall–Kier alpha value is -1.36. The van der Waals surface area contributed by atoms with Crippen molar-refractivity contribution in [1.29, 1.82) is 0 Å². The minimum atomic E-state index is -0.0853. The fourth-order valence-corrected chi connectivity index (χ4v) is 2.14. The fourth-order valence-electron chi connectivity index (χ4n) is 2.14. The summed E-state index contributed by atoms with van der Waals surface area (Å²) in [5.74, 6) is 0.342. The van der Waals surface area contributed by atoms with Gasteiger partial charge in [-0.1, -0.05) is 6.42 Å². The highest BCUT2D eigenvalue weighted by atomic mass is 16.2. The van der Waals surface area contributed by atoms with Gasteiger partial charge >= 0.3 is 0 Å². The Bertz CT molecular complexity index is 322. The van der Waals surface area contributed by atoms with E-state index in [1.165, 1.54) is 12.5 Å². The molecule has 0 radical (unpaired) electrons. The van der Waals surface area contributed by atoms with Crippen molar-refractivity contribution in [1.82, 2.24) is 15.3 Å². The van der Waals surface area contributed by atoms with Gasteiger partial charge in [0.25, 0.3) is 5.91 Å². The van der Waals surface area contributed by atoms with Crippen LogP contribution in [0.4, 0.5) is 0 Å². The summed E-state index contributed by atoms with van der Waals surface area (Å²) in [6.07, 6.45) is 6.33. The van der Waals surface area contributed by atoms with Crippen molar-refractivity contribution in [2.75, 3.05) is 6.54 Å². The minimum absolute atomic E-state index is 0.0853. The molecule has 2 rings (SSSR count). The summed E-state index contributed by atoms with van der Waals surface area (Å²) in [5, 5.41) is 2.99. The van der Waals surface area contributed by atoms with Gasteiger partial charge in [0.2, 0.25) is 0 Å². The normalized spacial score (nSPS) is 25.4. The molecule has 5 nitrogen and oxygen atoms in total. The van der Waals surface area contributed by atoms with Crippen LogP contribution in [-0.2, 0) is 0 Å². The van der Waals surface area contributed by atoms with Crippen LogP contribution < -0.4 is 11.1 Å². The number of nitrogens with one attached hydrogen (secondary N) is 2. The van der Waals surface area contributed by atoms with Crippen LogP contribution in [0.3, 0.4) is 0 Å². The topological polar surface area (TPSA) is 83.8 Å². The number of carbonyl (C=O) groups is 1. The molecule has 2 unspecified atom stereocenters. The largest absolute Gasteiger partial charge is 0.348 e. The predicted octanol–water partition coefficient (Wildman–Crippen LogP) is 0.267. The predicted molar refractivity (Wildman–Crippen MR) is 56.2 cm³/mol. The lowest BCUT2D eigenvalue weighted by Crippen LogP contribution is -2.39. The maximum absolute atomic E-state index is 11.7. The Kier molecular flexibility index (Phi) is 3.01. The molecule has 1 heterocycles. The first kappa shape index (κ1) is 10.2. The minimum Gasteiger partial charge on any atom is -0.348 e. The van der Waals surface area contributed by atoms with E-state index in [1.807, 2.05) is 0 Å². The number of nitrogens with two attached hydrogens (primary N) is 1. The van der Waals surface area contributed by atoms with E-state index in [0.29, 0.717) is 18.2 Å². The van der Waals surface area contributed by atoms with Crippen LogP contribution in [0.1, 0.15) is 29.8 Å². The lowest BCUT2D eigenvalue weighted by Gasteiger charge is -2.18. The van der Waals surface area contributed by atoms with Gasteiger partial charge in [0.05, 0.1) is 12.5 Å². The summed E-state index contributed by atoms with van der Waals surface area (Å²) in [4.78, 5) is 18.3. The number of aromatic amines is 1. The average Bonchev–Trinajstić information content (AvgIpc) is 2.87. The van der Waals surface area contributed by atoms with E-state index in [4.69, 9.17) is 5.73 Å². The number of aromatic nitrogens is 2. The van der Waals surface area contributed by atoms with Gasteiger partial charge in [-0.2, -0.15) is 0 Å². The standard InChI is InChI=1S/C10H16N4O/c11-4-7-2-1-3-8(7)14-10(15)9-5-12-6-13-9/h5-8H,1-4,11H2,(H,12,13)(H,14,15). The Balaban J connectivity index is 1.94. The van der Waals surface area contributed by atoms with Crippen molar-refractivity contribution >= 4 is 5.91 Å². The summed E-state index contributed by atoms with van der Waals surface area (Å²) in [6, 6.07) is 0.228. The first-order valence-corrected chi connectivity index (χ1v) is 5.30. The molecule has 1 saturated carbocycles. The zero-order chi connectivity index (χ0) is 10.7. The molecular formula is C10H16N4O. The van der Waals surface area contributed by atoms with Gasteiger partial charge in [-0.05, 0) is 25.3 Å². The van der Waals surface area contributed by atoms with Crippen LogP contribution in [-0.4, -0.2) is 28.5 Å². The number of nitrogens with zero attached hydrogens (tertiary/aromatic N) is 1. The fraction of sp³-hybridized carbons (Fsp3) is 0.600. The SMILES string of the molecule is NCC1CCCC1NC(=O)c1cnc[nH]1. The molecule has 0 saturated heterocycles. The first-order valence-electron chi connectivity index (χ1n) is 5.30. The number of carbonyl (C=O) groups excluding carboxylic acids is 1.